The van der Waals surface area contributed by atoms with Crippen molar-refractivity contribution >= 4 is 22.6 Å². The Balaban J connectivity index is 1.97. The van der Waals surface area contributed by atoms with Crippen LogP contribution in [0, 0.1) is 6.92 Å². The summed E-state index contributed by atoms with van der Waals surface area (Å²) in [5.41, 5.74) is 9.90. The molecule has 1 aliphatic rings. The second kappa shape index (κ2) is 7.48. The van der Waals surface area contributed by atoms with E-state index in [2.05, 4.69) is 34.0 Å². The zero-order valence-corrected chi connectivity index (χ0v) is 17.5. The first-order valence-electron chi connectivity index (χ1n) is 9.99. The lowest BCUT2D eigenvalue weighted by atomic mass is 9.83. The lowest BCUT2D eigenvalue weighted by molar-refractivity contribution is 0.0824. The quantitative estimate of drug-likeness (QED) is 0.741. The van der Waals surface area contributed by atoms with E-state index in [1.807, 2.05) is 31.8 Å². The van der Waals surface area contributed by atoms with E-state index < -0.39 is 0 Å². The maximum Gasteiger partial charge on any atom is 0.253 e. The van der Waals surface area contributed by atoms with Gasteiger partial charge in [-0.15, -0.1) is 0 Å². The molecule has 29 heavy (non-hydrogen) atoms. The maximum atomic E-state index is 13.1. The predicted octanol–water partition coefficient (Wildman–Crippen LogP) is 2.82. The van der Waals surface area contributed by atoms with Gasteiger partial charge in [-0.1, -0.05) is 0 Å². The van der Waals surface area contributed by atoms with Gasteiger partial charge in [-0.05, 0) is 62.5 Å². The van der Waals surface area contributed by atoms with E-state index in [1.165, 1.54) is 6.33 Å². The van der Waals surface area contributed by atoms with Gasteiger partial charge in [0.15, 0.2) is 0 Å². The second-order valence-corrected chi connectivity index (χ2v) is 8.20. The standard InChI is InChI=1S/C22H28N6O/c1-14-10-17-16(7-9-28(17)19-11-18(23)24-13-25-19)21(20(14)22(29)26(2)3)15-6-5-8-27(4)12-15/h7,9-11,13,15H,5-6,8,12H2,1-4H3,(H2,23,24,25). The second-order valence-electron chi connectivity index (χ2n) is 8.20. The molecule has 0 aliphatic carbocycles. The molecule has 0 spiro atoms. The van der Waals surface area contributed by atoms with Gasteiger partial charge in [-0.2, -0.15) is 0 Å². The van der Waals surface area contributed by atoms with Gasteiger partial charge in [0.05, 0.1) is 5.52 Å². The molecule has 1 amide bonds. The lowest BCUT2D eigenvalue weighted by Gasteiger charge is -2.32. The fourth-order valence-electron chi connectivity index (χ4n) is 4.47. The van der Waals surface area contributed by atoms with Crippen LogP contribution in [0.2, 0.25) is 0 Å². The Morgan fingerprint density at radius 3 is 2.76 bits per heavy atom. The number of carbonyl (C=O) groups excluding carboxylic acids is 1. The van der Waals surface area contributed by atoms with E-state index in [1.54, 1.807) is 11.0 Å². The molecule has 1 unspecified atom stereocenters. The number of nitrogens with zero attached hydrogens (tertiary/aromatic N) is 5. The molecule has 1 fully saturated rings. The van der Waals surface area contributed by atoms with Crippen molar-refractivity contribution in [1.82, 2.24) is 24.3 Å². The van der Waals surface area contributed by atoms with E-state index in [-0.39, 0.29) is 5.91 Å². The number of likely N-dealkylation sites (tertiary alicyclic amines) is 1. The molecule has 2 N–H and O–H groups in total. The number of carbonyl (C=O) groups is 1. The number of fused-ring (bicyclic) bond motifs is 1. The normalized spacial score (nSPS) is 17.6. The first-order chi connectivity index (χ1) is 13.9. The Morgan fingerprint density at radius 1 is 1.28 bits per heavy atom. The zero-order valence-electron chi connectivity index (χ0n) is 17.5. The Morgan fingerprint density at radius 2 is 2.07 bits per heavy atom. The highest BCUT2D eigenvalue weighted by Gasteiger charge is 2.28. The third-order valence-corrected chi connectivity index (χ3v) is 5.81. The van der Waals surface area contributed by atoms with Crippen LogP contribution in [0.5, 0.6) is 0 Å². The SMILES string of the molecule is Cc1cc2c(ccn2-c2cc(N)ncn2)c(C2CCCN(C)C2)c1C(=O)N(C)C. The summed E-state index contributed by atoms with van der Waals surface area (Å²) < 4.78 is 2.03. The van der Waals surface area contributed by atoms with Crippen molar-refractivity contribution < 1.29 is 4.79 Å². The summed E-state index contributed by atoms with van der Waals surface area (Å²) in [5, 5.41) is 1.11. The maximum absolute atomic E-state index is 13.1. The van der Waals surface area contributed by atoms with Crippen molar-refractivity contribution in [2.75, 3.05) is 40.0 Å². The number of anilines is 1. The van der Waals surface area contributed by atoms with Crippen LogP contribution in [-0.2, 0) is 0 Å². The van der Waals surface area contributed by atoms with E-state index in [9.17, 15) is 4.79 Å². The molecule has 3 heterocycles. The highest BCUT2D eigenvalue weighted by atomic mass is 16.2. The van der Waals surface area contributed by atoms with Crippen LogP contribution in [-0.4, -0.2) is 64.5 Å². The molecule has 1 aromatic carbocycles. The van der Waals surface area contributed by atoms with Crippen LogP contribution in [0.4, 0.5) is 5.82 Å². The van der Waals surface area contributed by atoms with Crippen LogP contribution in [0.1, 0.15) is 40.2 Å². The molecule has 1 saturated heterocycles. The summed E-state index contributed by atoms with van der Waals surface area (Å²) >= 11 is 0. The Hall–Kier alpha value is -2.93. The van der Waals surface area contributed by atoms with E-state index in [0.29, 0.717) is 11.7 Å². The summed E-state index contributed by atoms with van der Waals surface area (Å²) in [7, 11) is 5.79. The van der Waals surface area contributed by atoms with Crippen molar-refractivity contribution in [2.24, 2.45) is 0 Å². The van der Waals surface area contributed by atoms with Crippen molar-refractivity contribution in [3.63, 3.8) is 0 Å². The average molecular weight is 393 g/mol. The first kappa shape index (κ1) is 19.4. The highest BCUT2D eigenvalue weighted by molar-refractivity contribution is 6.03. The van der Waals surface area contributed by atoms with Crippen LogP contribution in [0.25, 0.3) is 16.7 Å². The molecule has 0 radical (unpaired) electrons. The molecule has 1 atom stereocenters. The van der Waals surface area contributed by atoms with E-state index >= 15 is 0 Å². The summed E-state index contributed by atoms with van der Waals surface area (Å²) in [4.78, 5) is 25.6. The number of nitrogen functional groups attached to an aromatic ring is 1. The van der Waals surface area contributed by atoms with Crippen LogP contribution >= 0.6 is 0 Å². The van der Waals surface area contributed by atoms with Gasteiger partial charge in [-0.3, -0.25) is 4.79 Å². The number of rotatable bonds is 3. The monoisotopic (exact) mass is 392 g/mol. The number of benzene rings is 1. The first-order valence-corrected chi connectivity index (χ1v) is 9.99. The highest BCUT2D eigenvalue weighted by Crippen LogP contribution is 2.38. The summed E-state index contributed by atoms with van der Waals surface area (Å²) in [5.74, 6) is 1.54. The molecular formula is C22H28N6O. The van der Waals surface area contributed by atoms with Crippen molar-refractivity contribution in [1.29, 1.82) is 0 Å². The number of likely N-dealkylation sites (N-methyl/N-ethyl adjacent to an activating group) is 1. The fourth-order valence-corrected chi connectivity index (χ4v) is 4.47. The minimum Gasteiger partial charge on any atom is -0.384 e. The smallest absolute Gasteiger partial charge is 0.253 e. The topological polar surface area (TPSA) is 80.3 Å². The molecule has 7 nitrogen and oxygen atoms in total. The lowest BCUT2D eigenvalue weighted by Crippen LogP contribution is -2.33. The Kier molecular flexibility index (Phi) is 5.00. The van der Waals surface area contributed by atoms with Gasteiger partial charge in [0.25, 0.3) is 5.91 Å². The number of aryl methyl sites for hydroxylation is 1. The zero-order chi connectivity index (χ0) is 20.7. The average Bonchev–Trinajstić information content (AvgIpc) is 3.09. The number of hydrogen-bond donors (Lipinski definition) is 1. The Labute approximate surface area is 171 Å². The molecule has 7 heteroatoms. The van der Waals surface area contributed by atoms with Crippen LogP contribution in [0.3, 0.4) is 0 Å². The minimum atomic E-state index is 0.0617. The van der Waals surface area contributed by atoms with Gasteiger partial charge >= 0.3 is 0 Å². The van der Waals surface area contributed by atoms with Crippen LogP contribution < -0.4 is 5.73 Å². The third-order valence-electron chi connectivity index (χ3n) is 5.81. The van der Waals surface area contributed by atoms with Gasteiger partial charge in [0.2, 0.25) is 0 Å². The van der Waals surface area contributed by atoms with Crippen molar-refractivity contribution in [3.05, 3.63) is 47.4 Å². The van der Waals surface area contributed by atoms with E-state index in [0.717, 1.165) is 59.3 Å². The molecule has 0 bridgehead atoms. The number of aromatic nitrogens is 3. The largest absolute Gasteiger partial charge is 0.384 e. The van der Waals surface area contributed by atoms with Gasteiger partial charge in [0.1, 0.15) is 18.0 Å². The van der Waals surface area contributed by atoms with Crippen molar-refractivity contribution in [3.8, 4) is 5.82 Å². The van der Waals surface area contributed by atoms with Crippen molar-refractivity contribution in [2.45, 2.75) is 25.7 Å². The number of amides is 1. The summed E-state index contributed by atoms with van der Waals surface area (Å²) in [6, 6.07) is 5.95. The van der Waals surface area contributed by atoms with Crippen LogP contribution in [0.15, 0.2) is 30.7 Å². The van der Waals surface area contributed by atoms with E-state index in [4.69, 9.17) is 5.73 Å². The number of hydrogen-bond acceptors (Lipinski definition) is 5. The predicted molar refractivity (Wildman–Crippen MR) is 116 cm³/mol. The minimum absolute atomic E-state index is 0.0617. The molecule has 4 rings (SSSR count). The summed E-state index contributed by atoms with van der Waals surface area (Å²) in [6.07, 6.45) is 5.70. The molecule has 0 saturated carbocycles. The third kappa shape index (κ3) is 3.46. The molecule has 2 aromatic heterocycles. The van der Waals surface area contributed by atoms with Gasteiger partial charge < -0.3 is 20.1 Å². The Bertz CT molecular complexity index is 1070. The fraction of sp³-hybridized carbons (Fsp3) is 0.409. The molecule has 1 aliphatic heterocycles. The van der Waals surface area contributed by atoms with Gasteiger partial charge in [0, 0.05) is 43.9 Å². The molecule has 152 valence electrons. The molecule has 3 aromatic rings. The van der Waals surface area contributed by atoms with Gasteiger partial charge in [-0.25, -0.2) is 9.97 Å². The molecular weight excluding hydrogens is 364 g/mol. The number of piperidine rings is 1. The summed E-state index contributed by atoms with van der Waals surface area (Å²) in [6.45, 7) is 4.08. The number of nitrogens with two attached hydrogens (primary N) is 1.